The number of halogens is 1. The van der Waals surface area contributed by atoms with Gasteiger partial charge in [-0.3, -0.25) is 14.4 Å². The minimum absolute atomic E-state index is 0.0472. The molecule has 0 spiro atoms. The van der Waals surface area contributed by atoms with Gasteiger partial charge in [0.25, 0.3) is 5.91 Å². The molecular formula is C36H56FN3O3S. The second-order valence-electron chi connectivity index (χ2n) is 13.6. The first-order valence-corrected chi connectivity index (χ1v) is 17.3. The number of rotatable bonds is 9. The normalized spacial score (nSPS) is 18.4. The molecule has 4 rings (SSSR count). The van der Waals surface area contributed by atoms with E-state index in [2.05, 4.69) is 63.1 Å². The third-order valence-corrected chi connectivity index (χ3v) is 9.51. The fourth-order valence-corrected chi connectivity index (χ4v) is 6.23. The van der Waals surface area contributed by atoms with Crippen LogP contribution in [0.3, 0.4) is 0 Å². The van der Waals surface area contributed by atoms with E-state index < -0.39 is 29.1 Å². The molecule has 1 aromatic carbocycles. The van der Waals surface area contributed by atoms with Crippen molar-refractivity contribution in [1.29, 1.82) is 0 Å². The maximum absolute atomic E-state index is 13.9. The Hall–Kier alpha value is -2.61. The summed E-state index contributed by atoms with van der Waals surface area (Å²) in [6.07, 6.45) is 4.28. The summed E-state index contributed by atoms with van der Waals surface area (Å²) in [7, 11) is 0. The van der Waals surface area contributed by atoms with Crippen LogP contribution in [0.25, 0.3) is 10.4 Å². The lowest BCUT2D eigenvalue weighted by molar-refractivity contribution is -0.144. The van der Waals surface area contributed by atoms with Crippen molar-refractivity contribution >= 4 is 28.9 Å². The molecule has 2 aromatic rings. The topological polar surface area (TPSA) is 79.4 Å². The monoisotopic (exact) mass is 629 g/mol. The van der Waals surface area contributed by atoms with Crippen LogP contribution in [-0.2, 0) is 20.8 Å². The number of aromatic nitrogens is 1. The van der Waals surface area contributed by atoms with Gasteiger partial charge >= 0.3 is 0 Å². The summed E-state index contributed by atoms with van der Waals surface area (Å²) in [4.78, 5) is 43.7. The van der Waals surface area contributed by atoms with Gasteiger partial charge in [-0.05, 0) is 86.0 Å². The zero-order valence-corrected chi connectivity index (χ0v) is 29.8. The van der Waals surface area contributed by atoms with Gasteiger partial charge in [0.15, 0.2) is 11.5 Å². The Balaban J connectivity index is 0.000000292. The summed E-state index contributed by atoms with van der Waals surface area (Å²) in [5.41, 5.74) is 5.04. The standard InChI is InChI=1S/C18H25NS.C16H25FN2O3.C2H6/c1-6-13(4)9-15-7-8-16(10-17(15)12(2)3)18-14(5)19-11-20-18;1-10(20)11-6-5-9-19(11)13(21)12(15(2,3)4)18-14(22)16(17)7-8-16;1-2/h7-8,10-13H,6,9H2,1-5H3;11-12H,5-9H2,1-4H3,(H,18,22);1-2H3. The number of carbonyl (C=O) groups excluding carboxylic acids is 3. The number of thiazole rings is 1. The molecule has 8 heteroatoms. The SMILES string of the molecule is CC.CC(=O)C1CCCN1C(=O)C(NC(=O)C1(F)CC1)C(C)(C)C.CCC(C)Cc1ccc(-c2scnc2C)cc1C(C)C. The third-order valence-electron chi connectivity index (χ3n) is 8.53. The van der Waals surface area contributed by atoms with Gasteiger partial charge < -0.3 is 10.2 Å². The summed E-state index contributed by atoms with van der Waals surface area (Å²) in [6.45, 7) is 22.7. The molecule has 44 heavy (non-hydrogen) atoms. The number of carbonyl (C=O) groups is 3. The number of hydrogen-bond acceptors (Lipinski definition) is 5. The molecule has 0 radical (unpaired) electrons. The number of amides is 2. The van der Waals surface area contributed by atoms with Gasteiger partial charge in [0.2, 0.25) is 5.91 Å². The summed E-state index contributed by atoms with van der Waals surface area (Å²) in [5.74, 6) is 0.280. The lowest BCUT2D eigenvalue weighted by Crippen LogP contribution is -2.58. The number of nitrogens with one attached hydrogen (secondary N) is 1. The number of alkyl halides is 1. The van der Waals surface area contributed by atoms with Crippen LogP contribution in [0.5, 0.6) is 0 Å². The molecule has 2 heterocycles. The zero-order chi connectivity index (χ0) is 33.4. The molecule has 0 bridgehead atoms. The Kier molecular flexibility index (Phi) is 13.7. The van der Waals surface area contributed by atoms with Crippen molar-refractivity contribution in [2.45, 2.75) is 138 Å². The molecule has 2 amide bonds. The Morgan fingerprint density at radius 1 is 1.16 bits per heavy atom. The van der Waals surface area contributed by atoms with Crippen molar-refractivity contribution in [3.05, 3.63) is 40.5 Å². The minimum atomic E-state index is -1.81. The molecule has 1 saturated heterocycles. The molecule has 6 nitrogen and oxygen atoms in total. The summed E-state index contributed by atoms with van der Waals surface area (Å²) in [6, 6.07) is 5.73. The van der Waals surface area contributed by atoms with Crippen LogP contribution in [0.2, 0.25) is 0 Å². The highest BCUT2D eigenvalue weighted by Gasteiger charge is 2.53. The summed E-state index contributed by atoms with van der Waals surface area (Å²) >= 11 is 1.74. The fourth-order valence-electron chi connectivity index (χ4n) is 5.42. The number of Topliss-reactive ketones (excluding diaryl/α,β-unsaturated/α-hetero) is 1. The molecule has 246 valence electrons. The predicted octanol–water partition coefficient (Wildman–Crippen LogP) is 8.46. The van der Waals surface area contributed by atoms with Crippen molar-refractivity contribution < 1.29 is 18.8 Å². The fraction of sp³-hybridized carbons (Fsp3) is 0.667. The van der Waals surface area contributed by atoms with Crippen molar-refractivity contribution in [3.8, 4) is 10.4 Å². The largest absolute Gasteiger partial charge is 0.341 e. The lowest BCUT2D eigenvalue weighted by atomic mass is 9.85. The van der Waals surface area contributed by atoms with Gasteiger partial charge in [-0.1, -0.05) is 80.9 Å². The van der Waals surface area contributed by atoms with Gasteiger partial charge in [0.05, 0.1) is 22.1 Å². The van der Waals surface area contributed by atoms with E-state index in [4.69, 9.17) is 0 Å². The highest BCUT2D eigenvalue weighted by molar-refractivity contribution is 7.13. The van der Waals surface area contributed by atoms with Crippen LogP contribution in [0.15, 0.2) is 23.7 Å². The molecule has 1 saturated carbocycles. The second-order valence-corrected chi connectivity index (χ2v) is 14.4. The van der Waals surface area contributed by atoms with Crippen LogP contribution in [0.4, 0.5) is 4.39 Å². The smallest absolute Gasteiger partial charge is 0.258 e. The highest BCUT2D eigenvalue weighted by Crippen LogP contribution is 2.40. The lowest BCUT2D eigenvalue weighted by Gasteiger charge is -2.35. The summed E-state index contributed by atoms with van der Waals surface area (Å²) in [5, 5.41) is 2.58. The zero-order valence-electron chi connectivity index (χ0n) is 29.0. The van der Waals surface area contributed by atoms with Gasteiger partial charge in [-0.15, -0.1) is 11.3 Å². The molecule has 1 N–H and O–H groups in total. The van der Waals surface area contributed by atoms with E-state index in [0.717, 1.165) is 18.0 Å². The average molecular weight is 630 g/mol. The predicted molar refractivity (Wildman–Crippen MR) is 181 cm³/mol. The van der Waals surface area contributed by atoms with Gasteiger partial charge in [0.1, 0.15) is 6.04 Å². The van der Waals surface area contributed by atoms with Crippen LogP contribution >= 0.6 is 11.3 Å². The Labute approximate surface area is 269 Å². The van der Waals surface area contributed by atoms with Crippen molar-refractivity contribution in [2.75, 3.05) is 6.54 Å². The maximum atomic E-state index is 13.9. The molecule has 3 atom stereocenters. The Bertz CT molecular complexity index is 1260. The quantitative estimate of drug-likeness (QED) is 0.302. The van der Waals surface area contributed by atoms with Crippen LogP contribution in [0, 0.1) is 18.3 Å². The van der Waals surface area contributed by atoms with Gasteiger partial charge in [0, 0.05) is 6.54 Å². The van der Waals surface area contributed by atoms with Gasteiger partial charge in [-0.2, -0.15) is 0 Å². The maximum Gasteiger partial charge on any atom is 0.258 e. The molecule has 3 unspecified atom stereocenters. The van der Waals surface area contributed by atoms with Crippen molar-refractivity contribution in [2.24, 2.45) is 11.3 Å². The molecular weight excluding hydrogens is 573 g/mol. The Morgan fingerprint density at radius 3 is 2.27 bits per heavy atom. The Morgan fingerprint density at radius 2 is 1.80 bits per heavy atom. The number of aryl methyl sites for hydroxylation is 1. The number of likely N-dealkylation sites (tertiary alicyclic amines) is 1. The van der Waals surface area contributed by atoms with E-state index >= 15 is 0 Å². The van der Waals surface area contributed by atoms with Crippen LogP contribution < -0.4 is 5.32 Å². The van der Waals surface area contributed by atoms with E-state index in [-0.39, 0.29) is 24.5 Å². The molecule has 1 aromatic heterocycles. The molecule has 1 aliphatic carbocycles. The van der Waals surface area contributed by atoms with Crippen LogP contribution in [-0.4, -0.2) is 51.8 Å². The minimum Gasteiger partial charge on any atom is -0.341 e. The molecule has 2 fully saturated rings. The number of hydrogen-bond donors (Lipinski definition) is 1. The van der Waals surface area contributed by atoms with E-state index in [0.29, 0.717) is 18.9 Å². The second kappa shape index (κ2) is 16.1. The van der Waals surface area contributed by atoms with Crippen molar-refractivity contribution in [1.82, 2.24) is 15.2 Å². The number of nitrogens with zero attached hydrogens (tertiary/aromatic N) is 2. The average Bonchev–Trinajstić information content (AvgIpc) is 3.34. The third kappa shape index (κ3) is 9.69. The number of ketones is 1. The first-order valence-electron chi connectivity index (χ1n) is 16.4. The van der Waals surface area contributed by atoms with E-state index in [1.54, 1.807) is 11.3 Å². The van der Waals surface area contributed by atoms with Crippen molar-refractivity contribution in [3.63, 3.8) is 0 Å². The van der Waals surface area contributed by atoms with E-state index in [9.17, 15) is 18.8 Å². The summed E-state index contributed by atoms with van der Waals surface area (Å²) < 4.78 is 13.9. The molecule has 1 aliphatic heterocycles. The number of benzene rings is 1. The first-order chi connectivity index (χ1) is 20.6. The van der Waals surface area contributed by atoms with E-state index in [1.165, 1.54) is 46.2 Å². The first kappa shape index (κ1) is 37.6. The van der Waals surface area contributed by atoms with E-state index in [1.807, 2.05) is 40.1 Å². The highest BCUT2D eigenvalue weighted by atomic mass is 32.1. The van der Waals surface area contributed by atoms with Gasteiger partial charge in [-0.25, -0.2) is 9.37 Å². The molecule has 2 aliphatic rings. The van der Waals surface area contributed by atoms with Crippen LogP contribution in [0.1, 0.15) is 124 Å².